The van der Waals surface area contributed by atoms with E-state index < -0.39 is 47.6 Å². The molecule has 6 nitrogen and oxygen atoms in total. The summed E-state index contributed by atoms with van der Waals surface area (Å²) in [5.41, 5.74) is -0.303. The van der Waals surface area contributed by atoms with Crippen molar-refractivity contribution in [2.45, 2.75) is 64.4 Å². The molecule has 0 saturated carbocycles. The van der Waals surface area contributed by atoms with E-state index in [0.29, 0.717) is 12.0 Å². The first-order valence-electron chi connectivity index (χ1n) is 9.86. The molecule has 3 atom stereocenters. The number of alkyl halides is 3. The molecule has 0 aromatic heterocycles. The molecule has 0 spiro atoms. The summed E-state index contributed by atoms with van der Waals surface area (Å²) >= 11 is 0. The molecule has 0 aliphatic rings. The van der Waals surface area contributed by atoms with Gasteiger partial charge in [-0.15, -0.1) is 6.58 Å². The molecule has 172 valence electrons. The van der Waals surface area contributed by atoms with Gasteiger partial charge < -0.3 is 15.4 Å². The summed E-state index contributed by atoms with van der Waals surface area (Å²) < 4.78 is 43.7. The van der Waals surface area contributed by atoms with Crippen molar-refractivity contribution in [1.82, 2.24) is 10.6 Å². The maximum atomic E-state index is 12.9. The fourth-order valence-electron chi connectivity index (χ4n) is 2.80. The Bertz CT molecular complexity index is 773. The minimum absolute atomic E-state index is 0.194. The standard InChI is InChI=1S/C22H29F3N2O4/c1-6-15(7-2)17(19(29)31-21(3,4)5)27-18(28)16(26-20(30)22(23,24)25)13-14-11-9-8-10-12-14/h6,8-12,15-17H,1,7,13H2,2-5H3,(H,26,30)(H,27,28)/t15?,16-,17-/m0/s1. The Kier molecular flexibility index (Phi) is 9.27. The third-order valence-corrected chi connectivity index (χ3v) is 4.32. The molecule has 1 unspecified atom stereocenters. The monoisotopic (exact) mass is 442 g/mol. The molecule has 9 heteroatoms. The molecule has 31 heavy (non-hydrogen) atoms. The lowest BCUT2D eigenvalue weighted by Crippen LogP contribution is -2.56. The zero-order chi connectivity index (χ0) is 23.8. The smallest absolute Gasteiger partial charge is 0.458 e. The number of nitrogens with one attached hydrogen (secondary N) is 2. The predicted molar refractivity (Wildman–Crippen MR) is 110 cm³/mol. The number of amides is 2. The molecule has 0 bridgehead atoms. The highest BCUT2D eigenvalue weighted by molar-refractivity contribution is 5.92. The van der Waals surface area contributed by atoms with Crippen LogP contribution in [0.15, 0.2) is 43.0 Å². The van der Waals surface area contributed by atoms with E-state index in [1.807, 2.05) is 0 Å². The Balaban J connectivity index is 3.16. The first-order chi connectivity index (χ1) is 14.3. The van der Waals surface area contributed by atoms with Crippen molar-refractivity contribution < 1.29 is 32.3 Å². The first-order valence-corrected chi connectivity index (χ1v) is 9.86. The van der Waals surface area contributed by atoms with Gasteiger partial charge in [-0.2, -0.15) is 13.2 Å². The highest BCUT2D eigenvalue weighted by Gasteiger charge is 2.41. The summed E-state index contributed by atoms with van der Waals surface area (Å²) in [7, 11) is 0. The molecule has 1 rings (SSSR count). The molecular weight excluding hydrogens is 413 g/mol. The van der Waals surface area contributed by atoms with Crippen LogP contribution in [0.25, 0.3) is 0 Å². The third-order valence-electron chi connectivity index (χ3n) is 4.32. The summed E-state index contributed by atoms with van der Waals surface area (Å²) in [6, 6.07) is 5.53. The molecule has 0 radical (unpaired) electrons. The van der Waals surface area contributed by atoms with Gasteiger partial charge in [-0.1, -0.05) is 43.3 Å². The van der Waals surface area contributed by atoms with E-state index >= 15 is 0 Å². The zero-order valence-corrected chi connectivity index (χ0v) is 18.1. The number of esters is 1. The van der Waals surface area contributed by atoms with Gasteiger partial charge in [-0.25, -0.2) is 4.79 Å². The highest BCUT2D eigenvalue weighted by Crippen LogP contribution is 2.18. The second-order valence-electron chi connectivity index (χ2n) is 8.04. The average molecular weight is 442 g/mol. The molecule has 0 aliphatic heterocycles. The second-order valence-corrected chi connectivity index (χ2v) is 8.04. The molecule has 0 heterocycles. The van der Waals surface area contributed by atoms with Gasteiger partial charge in [0.1, 0.15) is 17.7 Å². The molecule has 0 aliphatic carbocycles. The number of halogens is 3. The average Bonchev–Trinajstić information content (AvgIpc) is 2.66. The van der Waals surface area contributed by atoms with Gasteiger partial charge in [0.05, 0.1) is 0 Å². The molecule has 1 aromatic rings. The lowest BCUT2D eigenvalue weighted by molar-refractivity contribution is -0.174. The number of benzene rings is 1. The third kappa shape index (κ3) is 8.82. The quantitative estimate of drug-likeness (QED) is 0.454. The van der Waals surface area contributed by atoms with Crippen molar-refractivity contribution in [2.75, 3.05) is 0 Å². The fraction of sp³-hybridized carbons (Fsp3) is 0.500. The Morgan fingerprint density at radius 2 is 1.68 bits per heavy atom. The summed E-state index contributed by atoms with van der Waals surface area (Å²) in [6.45, 7) is 10.4. The molecule has 2 N–H and O–H groups in total. The van der Waals surface area contributed by atoms with E-state index in [9.17, 15) is 27.6 Å². The van der Waals surface area contributed by atoms with E-state index in [1.165, 1.54) is 6.08 Å². The molecule has 1 aromatic carbocycles. The summed E-state index contributed by atoms with van der Waals surface area (Å²) in [6.07, 6.45) is -3.46. The lowest BCUT2D eigenvalue weighted by Gasteiger charge is -2.29. The Labute approximate surface area is 180 Å². The van der Waals surface area contributed by atoms with Crippen molar-refractivity contribution in [3.05, 3.63) is 48.6 Å². The summed E-state index contributed by atoms with van der Waals surface area (Å²) in [5.74, 6) is -4.44. The number of hydrogen-bond acceptors (Lipinski definition) is 4. The fourth-order valence-corrected chi connectivity index (χ4v) is 2.80. The molecule has 2 amide bonds. The van der Waals surface area contributed by atoms with Crippen LogP contribution in [-0.4, -0.2) is 41.6 Å². The van der Waals surface area contributed by atoms with Crippen molar-refractivity contribution in [1.29, 1.82) is 0 Å². The van der Waals surface area contributed by atoms with E-state index in [4.69, 9.17) is 4.74 Å². The van der Waals surface area contributed by atoms with Crippen LogP contribution in [0.5, 0.6) is 0 Å². The van der Waals surface area contributed by atoms with Crippen molar-refractivity contribution in [2.24, 2.45) is 5.92 Å². The first kappa shape index (κ1) is 26.2. The Morgan fingerprint density at radius 1 is 1.10 bits per heavy atom. The van der Waals surface area contributed by atoms with Gasteiger partial charge in [0, 0.05) is 12.3 Å². The topological polar surface area (TPSA) is 84.5 Å². The van der Waals surface area contributed by atoms with Gasteiger partial charge in [0.15, 0.2) is 0 Å². The largest absolute Gasteiger partial charge is 0.471 e. The predicted octanol–water partition coefficient (Wildman–Crippen LogP) is 3.31. The number of carbonyl (C=O) groups is 3. The Morgan fingerprint density at radius 3 is 2.13 bits per heavy atom. The highest BCUT2D eigenvalue weighted by atomic mass is 19.4. The van der Waals surface area contributed by atoms with Crippen LogP contribution in [-0.2, 0) is 25.5 Å². The minimum Gasteiger partial charge on any atom is -0.458 e. The minimum atomic E-state index is -5.16. The van der Waals surface area contributed by atoms with Gasteiger partial charge >= 0.3 is 18.1 Å². The number of carbonyl (C=O) groups excluding carboxylic acids is 3. The van der Waals surface area contributed by atoms with E-state index in [2.05, 4.69) is 11.9 Å². The van der Waals surface area contributed by atoms with Crippen LogP contribution < -0.4 is 10.6 Å². The lowest BCUT2D eigenvalue weighted by atomic mass is 9.95. The molecular formula is C22H29F3N2O4. The van der Waals surface area contributed by atoms with Crippen molar-refractivity contribution >= 4 is 17.8 Å². The zero-order valence-electron chi connectivity index (χ0n) is 18.1. The summed E-state index contributed by atoms with van der Waals surface area (Å²) in [4.78, 5) is 37.1. The second kappa shape index (κ2) is 11.0. The van der Waals surface area contributed by atoms with Gasteiger partial charge in [0.25, 0.3) is 0 Å². The van der Waals surface area contributed by atoms with Gasteiger partial charge in [-0.05, 0) is 32.8 Å². The SMILES string of the molecule is C=CC(CC)[C@H](NC(=O)[C@H](Cc1ccccc1)NC(=O)C(F)(F)F)C(=O)OC(C)(C)C. The maximum Gasteiger partial charge on any atom is 0.471 e. The van der Waals surface area contributed by atoms with Crippen LogP contribution in [0.2, 0.25) is 0 Å². The number of ether oxygens (including phenoxy) is 1. The van der Waals surface area contributed by atoms with Crippen molar-refractivity contribution in [3.8, 4) is 0 Å². The maximum absolute atomic E-state index is 12.9. The Hall–Kier alpha value is -2.84. The van der Waals surface area contributed by atoms with Crippen molar-refractivity contribution in [3.63, 3.8) is 0 Å². The van der Waals surface area contributed by atoms with Crippen LogP contribution in [0.3, 0.4) is 0 Å². The number of hydrogen-bond donors (Lipinski definition) is 2. The molecule has 0 saturated heterocycles. The normalized spacial score (nSPS) is 14.7. The van der Waals surface area contributed by atoms with E-state index in [-0.39, 0.29) is 6.42 Å². The van der Waals surface area contributed by atoms with Crippen LogP contribution in [0.1, 0.15) is 39.7 Å². The number of rotatable bonds is 9. The molecule has 0 fully saturated rings. The van der Waals surface area contributed by atoms with E-state index in [1.54, 1.807) is 63.3 Å². The summed E-state index contributed by atoms with van der Waals surface area (Å²) in [5, 5.41) is 4.17. The van der Waals surface area contributed by atoms with E-state index in [0.717, 1.165) is 0 Å². The van der Waals surface area contributed by atoms with Crippen LogP contribution in [0, 0.1) is 5.92 Å². The van der Waals surface area contributed by atoms with Crippen LogP contribution in [0.4, 0.5) is 13.2 Å². The van der Waals surface area contributed by atoms with Crippen LogP contribution >= 0.6 is 0 Å². The van der Waals surface area contributed by atoms with Gasteiger partial charge in [-0.3, -0.25) is 9.59 Å². The van der Waals surface area contributed by atoms with Gasteiger partial charge in [0.2, 0.25) is 5.91 Å².